The number of halogens is 4. The van der Waals surface area contributed by atoms with E-state index in [1.807, 2.05) is 19.1 Å². The van der Waals surface area contributed by atoms with Crippen molar-refractivity contribution in [2.24, 2.45) is 17.8 Å². The van der Waals surface area contributed by atoms with Crippen LogP contribution in [-0.4, -0.2) is 45.4 Å². The van der Waals surface area contributed by atoms with Crippen molar-refractivity contribution in [3.8, 4) is 0 Å². The van der Waals surface area contributed by atoms with Crippen LogP contribution in [0, 0.1) is 17.8 Å². The van der Waals surface area contributed by atoms with E-state index in [4.69, 9.17) is 46.4 Å². The van der Waals surface area contributed by atoms with E-state index in [1.165, 1.54) is 30.3 Å². The zero-order valence-corrected chi connectivity index (χ0v) is 22.2. The maximum absolute atomic E-state index is 13.9. The first-order valence-corrected chi connectivity index (χ1v) is 13.0. The molecule has 4 atom stereocenters. The highest BCUT2D eigenvalue weighted by Gasteiger charge is 2.54. The van der Waals surface area contributed by atoms with Crippen LogP contribution in [0.5, 0.6) is 0 Å². The fourth-order valence-electron chi connectivity index (χ4n) is 4.75. The number of nitrogens with zero attached hydrogens (tertiary/aromatic N) is 2. The molecule has 0 radical (unpaired) electrons. The molecule has 2 aromatic carbocycles. The molecule has 0 unspecified atom stereocenters. The van der Waals surface area contributed by atoms with Gasteiger partial charge in [0, 0.05) is 22.0 Å². The lowest BCUT2D eigenvalue weighted by Gasteiger charge is -2.36. The lowest BCUT2D eigenvalue weighted by Crippen LogP contribution is -2.57. The van der Waals surface area contributed by atoms with Gasteiger partial charge in [0.2, 0.25) is 0 Å². The number of benzene rings is 2. The number of allylic oxidation sites excluding steroid dienone is 2. The normalized spacial score (nSPS) is 21.9. The number of carbonyl (C=O) groups is 4. The monoisotopic (exact) mass is 566 g/mol. The van der Waals surface area contributed by atoms with Gasteiger partial charge in [-0.05, 0) is 61.2 Å². The molecule has 36 heavy (non-hydrogen) atoms. The van der Waals surface area contributed by atoms with E-state index >= 15 is 0 Å². The number of ketones is 1. The number of hydrazine groups is 1. The SMILES string of the molecule is C[C@@H]1C=CC[C@@H]2C(=O)N(N(C(=O)c3ccc(Cl)c(Cl)c3)[C@H](CCCl)C(=O)c3ccc(Cl)cc3)C(=O)[C@@H]12. The summed E-state index contributed by atoms with van der Waals surface area (Å²) in [5.74, 6) is -3.74. The van der Waals surface area contributed by atoms with Gasteiger partial charge in [-0.3, -0.25) is 19.2 Å². The van der Waals surface area contributed by atoms with Gasteiger partial charge < -0.3 is 0 Å². The van der Waals surface area contributed by atoms with Crippen LogP contribution in [0.25, 0.3) is 0 Å². The molecule has 2 aromatic rings. The molecule has 2 aliphatic rings. The Labute approximate surface area is 228 Å². The van der Waals surface area contributed by atoms with Gasteiger partial charge in [0.1, 0.15) is 6.04 Å². The van der Waals surface area contributed by atoms with Crippen molar-refractivity contribution in [3.05, 3.63) is 80.8 Å². The molecular weight excluding hydrogens is 546 g/mol. The Kier molecular flexibility index (Phi) is 8.10. The van der Waals surface area contributed by atoms with Gasteiger partial charge in [-0.25, -0.2) is 5.01 Å². The molecule has 1 heterocycles. The van der Waals surface area contributed by atoms with Crippen LogP contribution < -0.4 is 0 Å². The average Bonchev–Trinajstić information content (AvgIpc) is 3.11. The van der Waals surface area contributed by atoms with E-state index in [0.29, 0.717) is 11.4 Å². The molecule has 1 saturated heterocycles. The minimum absolute atomic E-state index is 0.00370. The molecule has 4 rings (SSSR count). The smallest absolute Gasteiger partial charge is 0.273 e. The van der Waals surface area contributed by atoms with Crippen LogP contribution in [0.1, 0.15) is 40.5 Å². The number of fused-ring (bicyclic) bond motifs is 1. The fraction of sp³-hybridized carbons (Fsp3) is 0.308. The van der Waals surface area contributed by atoms with Gasteiger partial charge in [0.25, 0.3) is 17.7 Å². The van der Waals surface area contributed by atoms with E-state index in [9.17, 15) is 19.2 Å². The Bertz CT molecular complexity index is 1250. The number of alkyl halides is 1. The standard InChI is InChI=1S/C26H22Cl4N2O4/c1-14-3-2-4-18-22(14)26(36)32(25(18)35)31(24(34)16-7-10-19(29)20(30)13-16)21(11-12-27)23(33)15-5-8-17(28)9-6-15/h2-3,5-10,13-14,18,21-22H,4,11-12H2,1H3/t14-,18+,21-,22+/m1/s1. The number of amides is 3. The zero-order valence-electron chi connectivity index (χ0n) is 19.2. The number of Topliss-reactive ketones (excluding diaryl/α,β-unsaturated/α-hetero) is 1. The number of rotatable bonds is 7. The Morgan fingerprint density at radius 3 is 2.28 bits per heavy atom. The third kappa shape index (κ3) is 4.92. The van der Waals surface area contributed by atoms with E-state index in [1.54, 1.807) is 12.1 Å². The van der Waals surface area contributed by atoms with E-state index in [2.05, 4.69) is 0 Å². The molecule has 0 saturated carbocycles. The summed E-state index contributed by atoms with van der Waals surface area (Å²) in [7, 11) is 0. The first-order valence-electron chi connectivity index (χ1n) is 11.3. The number of carbonyl (C=O) groups excluding carboxylic acids is 4. The highest BCUT2D eigenvalue weighted by Crippen LogP contribution is 2.40. The van der Waals surface area contributed by atoms with Crippen LogP contribution >= 0.6 is 46.4 Å². The molecule has 0 N–H and O–H groups in total. The van der Waals surface area contributed by atoms with E-state index in [0.717, 1.165) is 10.0 Å². The first kappa shape index (κ1) is 26.7. The van der Waals surface area contributed by atoms with Gasteiger partial charge in [0.05, 0.1) is 21.9 Å². The van der Waals surface area contributed by atoms with Crippen LogP contribution in [-0.2, 0) is 9.59 Å². The Morgan fingerprint density at radius 1 is 1.00 bits per heavy atom. The van der Waals surface area contributed by atoms with E-state index < -0.39 is 41.4 Å². The Balaban J connectivity index is 1.83. The summed E-state index contributed by atoms with van der Waals surface area (Å²) >= 11 is 24.2. The summed E-state index contributed by atoms with van der Waals surface area (Å²) < 4.78 is 0. The predicted octanol–water partition coefficient (Wildman–Crippen LogP) is 6.08. The molecule has 1 aliphatic heterocycles. The summed E-state index contributed by atoms with van der Waals surface area (Å²) in [4.78, 5) is 54.8. The molecule has 10 heteroatoms. The second-order valence-corrected chi connectivity index (χ2v) is 10.4. The molecule has 0 aromatic heterocycles. The van der Waals surface area contributed by atoms with Crippen molar-refractivity contribution in [1.82, 2.24) is 10.0 Å². The topological polar surface area (TPSA) is 74.8 Å². The summed E-state index contributed by atoms with van der Waals surface area (Å²) in [6, 6.07) is 9.11. The summed E-state index contributed by atoms with van der Waals surface area (Å²) in [6.07, 6.45) is 4.11. The van der Waals surface area contributed by atoms with Gasteiger partial charge >= 0.3 is 0 Å². The quantitative estimate of drug-likeness (QED) is 0.176. The second kappa shape index (κ2) is 10.9. The van der Waals surface area contributed by atoms with Crippen molar-refractivity contribution < 1.29 is 19.2 Å². The van der Waals surface area contributed by atoms with Gasteiger partial charge in [-0.15, -0.1) is 11.6 Å². The average molecular weight is 568 g/mol. The lowest BCUT2D eigenvalue weighted by atomic mass is 9.78. The van der Waals surface area contributed by atoms with Crippen molar-refractivity contribution in [1.29, 1.82) is 0 Å². The molecule has 188 valence electrons. The van der Waals surface area contributed by atoms with Gasteiger partial charge in [0.15, 0.2) is 5.78 Å². The number of hydrogen-bond acceptors (Lipinski definition) is 4. The molecule has 1 aliphatic carbocycles. The third-order valence-electron chi connectivity index (χ3n) is 6.55. The molecule has 6 nitrogen and oxygen atoms in total. The molecule has 1 fully saturated rings. The van der Waals surface area contributed by atoms with Crippen LogP contribution in [0.2, 0.25) is 15.1 Å². The largest absolute Gasteiger partial charge is 0.292 e. The molecule has 0 spiro atoms. The maximum atomic E-state index is 13.9. The lowest BCUT2D eigenvalue weighted by molar-refractivity contribution is -0.156. The Morgan fingerprint density at radius 2 is 1.67 bits per heavy atom. The van der Waals surface area contributed by atoms with Crippen molar-refractivity contribution in [3.63, 3.8) is 0 Å². The van der Waals surface area contributed by atoms with Gasteiger partial charge in [-0.2, -0.15) is 5.01 Å². The summed E-state index contributed by atoms with van der Waals surface area (Å²) in [5.41, 5.74) is 0.322. The van der Waals surface area contributed by atoms with Crippen LogP contribution in [0.4, 0.5) is 0 Å². The van der Waals surface area contributed by atoms with Crippen molar-refractivity contribution in [2.75, 3.05) is 5.88 Å². The zero-order chi connectivity index (χ0) is 26.1. The highest BCUT2D eigenvalue weighted by molar-refractivity contribution is 6.42. The summed E-state index contributed by atoms with van der Waals surface area (Å²) in [5, 5.41) is 2.57. The Hall–Kier alpha value is -2.38. The number of hydrogen-bond donors (Lipinski definition) is 0. The number of imide groups is 1. The highest BCUT2D eigenvalue weighted by atomic mass is 35.5. The fourth-order valence-corrected chi connectivity index (χ4v) is 5.38. The summed E-state index contributed by atoms with van der Waals surface area (Å²) in [6.45, 7) is 1.85. The van der Waals surface area contributed by atoms with Gasteiger partial charge in [-0.1, -0.05) is 53.9 Å². The molecular formula is C26H22Cl4N2O4. The minimum atomic E-state index is -1.23. The molecule has 3 amide bonds. The van der Waals surface area contributed by atoms with Crippen molar-refractivity contribution >= 4 is 69.9 Å². The predicted molar refractivity (Wildman–Crippen MR) is 139 cm³/mol. The van der Waals surface area contributed by atoms with Crippen LogP contribution in [0.3, 0.4) is 0 Å². The molecule has 0 bridgehead atoms. The van der Waals surface area contributed by atoms with Crippen LogP contribution in [0.15, 0.2) is 54.6 Å². The van der Waals surface area contributed by atoms with Crippen molar-refractivity contribution in [2.45, 2.75) is 25.8 Å². The maximum Gasteiger partial charge on any atom is 0.273 e. The first-order chi connectivity index (χ1) is 17.1. The second-order valence-electron chi connectivity index (χ2n) is 8.79. The van der Waals surface area contributed by atoms with E-state index in [-0.39, 0.29) is 39.4 Å². The third-order valence-corrected chi connectivity index (χ3v) is 7.76. The minimum Gasteiger partial charge on any atom is -0.292 e.